The van der Waals surface area contributed by atoms with Gasteiger partial charge in [0.1, 0.15) is 12.4 Å². The molecular weight excluding hydrogens is 248 g/mol. The summed E-state index contributed by atoms with van der Waals surface area (Å²) in [5.41, 5.74) is 1.81. The van der Waals surface area contributed by atoms with E-state index in [0.29, 0.717) is 12.2 Å². The molecule has 1 unspecified atom stereocenters. The van der Waals surface area contributed by atoms with Crippen molar-refractivity contribution in [1.82, 2.24) is 5.32 Å². The maximum Gasteiger partial charge on any atom is 0.119 e. The lowest BCUT2D eigenvalue weighted by atomic mass is 10.1. The van der Waals surface area contributed by atoms with Crippen molar-refractivity contribution < 1.29 is 4.74 Å². The summed E-state index contributed by atoms with van der Waals surface area (Å²) < 4.78 is 5.62. The Hall–Kier alpha value is -2.31. The highest BCUT2D eigenvalue weighted by Gasteiger charge is 2.05. The van der Waals surface area contributed by atoms with Crippen LogP contribution in [0.4, 0.5) is 0 Å². The number of hydrogen-bond acceptors (Lipinski definition) is 3. The smallest absolute Gasteiger partial charge is 0.119 e. The van der Waals surface area contributed by atoms with Crippen LogP contribution in [0.15, 0.2) is 54.6 Å². The van der Waals surface area contributed by atoms with E-state index >= 15 is 0 Å². The number of hydrogen-bond donors (Lipinski definition) is 1. The Bertz CT molecular complexity index is 575. The molecule has 0 aliphatic heterocycles. The zero-order valence-electron chi connectivity index (χ0n) is 11.5. The molecule has 0 aliphatic carbocycles. The van der Waals surface area contributed by atoms with E-state index in [1.165, 1.54) is 0 Å². The van der Waals surface area contributed by atoms with Crippen LogP contribution in [-0.4, -0.2) is 13.2 Å². The van der Waals surface area contributed by atoms with Crippen LogP contribution < -0.4 is 10.1 Å². The molecule has 0 amide bonds. The zero-order valence-corrected chi connectivity index (χ0v) is 11.5. The van der Waals surface area contributed by atoms with E-state index in [1.54, 1.807) is 0 Å². The summed E-state index contributed by atoms with van der Waals surface area (Å²) in [5, 5.41) is 12.3. The third kappa shape index (κ3) is 4.11. The first kappa shape index (κ1) is 14.1. The van der Waals surface area contributed by atoms with Crippen molar-refractivity contribution in [2.75, 3.05) is 13.2 Å². The minimum absolute atomic E-state index is 0.197. The average Bonchev–Trinajstić information content (AvgIpc) is 2.52. The largest absolute Gasteiger partial charge is 0.492 e. The summed E-state index contributed by atoms with van der Waals surface area (Å²) in [6.45, 7) is 3.46. The van der Waals surface area contributed by atoms with Gasteiger partial charge in [-0.25, -0.2) is 0 Å². The molecule has 3 nitrogen and oxygen atoms in total. The number of nitrogens with zero attached hydrogens (tertiary/aromatic N) is 1. The van der Waals surface area contributed by atoms with Gasteiger partial charge in [-0.1, -0.05) is 30.3 Å². The first-order valence-corrected chi connectivity index (χ1v) is 6.71. The molecule has 0 bridgehead atoms. The van der Waals surface area contributed by atoms with E-state index in [4.69, 9.17) is 10.00 Å². The van der Waals surface area contributed by atoms with Gasteiger partial charge >= 0.3 is 0 Å². The summed E-state index contributed by atoms with van der Waals surface area (Å²) in [4.78, 5) is 0. The standard InChI is InChI=1S/C17H18N2O/c1-14(16-7-5-6-15(12-16)13-18)19-10-11-20-17-8-3-2-4-9-17/h2-9,12,14,19H,10-11H2,1H3. The third-order valence-corrected chi connectivity index (χ3v) is 3.08. The molecule has 0 radical (unpaired) electrons. The maximum atomic E-state index is 8.89. The summed E-state index contributed by atoms with van der Waals surface area (Å²) >= 11 is 0. The molecule has 20 heavy (non-hydrogen) atoms. The van der Waals surface area contributed by atoms with Gasteiger partial charge in [-0.3, -0.25) is 0 Å². The van der Waals surface area contributed by atoms with Crippen molar-refractivity contribution in [2.45, 2.75) is 13.0 Å². The van der Waals surface area contributed by atoms with Gasteiger partial charge in [0.2, 0.25) is 0 Å². The molecule has 2 aromatic rings. The van der Waals surface area contributed by atoms with Gasteiger partial charge in [0.15, 0.2) is 0 Å². The average molecular weight is 266 g/mol. The fourth-order valence-corrected chi connectivity index (χ4v) is 1.96. The number of benzene rings is 2. The molecular formula is C17H18N2O. The lowest BCUT2D eigenvalue weighted by Crippen LogP contribution is -2.24. The minimum atomic E-state index is 0.197. The van der Waals surface area contributed by atoms with Crippen molar-refractivity contribution in [3.8, 4) is 11.8 Å². The van der Waals surface area contributed by atoms with Crippen molar-refractivity contribution in [3.63, 3.8) is 0 Å². The molecule has 0 spiro atoms. The van der Waals surface area contributed by atoms with Gasteiger partial charge < -0.3 is 10.1 Å². The van der Waals surface area contributed by atoms with E-state index < -0.39 is 0 Å². The molecule has 0 aliphatic rings. The number of nitrogens with one attached hydrogen (secondary N) is 1. The monoisotopic (exact) mass is 266 g/mol. The van der Waals surface area contributed by atoms with Gasteiger partial charge in [-0.05, 0) is 36.8 Å². The molecule has 0 heterocycles. The van der Waals surface area contributed by atoms with Crippen LogP contribution in [0.1, 0.15) is 24.1 Å². The van der Waals surface area contributed by atoms with Crippen LogP contribution in [0.5, 0.6) is 5.75 Å². The van der Waals surface area contributed by atoms with Crippen LogP contribution in [0, 0.1) is 11.3 Å². The molecule has 102 valence electrons. The van der Waals surface area contributed by atoms with Crippen LogP contribution in [0.25, 0.3) is 0 Å². The molecule has 0 saturated carbocycles. The molecule has 1 atom stereocenters. The van der Waals surface area contributed by atoms with Gasteiger partial charge in [-0.15, -0.1) is 0 Å². The fourth-order valence-electron chi connectivity index (χ4n) is 1.96. The second-order valence-corrected chi connectivity index (χ2v) is 4.57. The Kier molecular flexibility index (Phi) is 5.16. The Balaban J connectivity index is 1.77. The van der Waals surface area contributed by atoms with Crippen LogP contribution in [-0.2, 0) is 0 Å². The molecule has 0 saturated heterocycles. The van der Waals surface area contributed by atoms with E-state index in [0.717, 1.165) is 17.9 Å². The Morgan fingerprint density at radius 1 is 1.15 bits per heavy atom. The minimum Gasteiger partial charge on any atom is -0.492 e. The number of ether oxygens (including phenoxy) is 1. The predicted octanol–water partition coefficient (Wildman–Crippen LogP) is 3.29. The van der Waals surface area contributed by atoms with Crippen molar-refractivity contribution in [2.24, 2.45) is 0 Å². The Morgan fingerprint density at radius 3 is 2.70 bits per heavy atom. The summed E-state index contributed by atoms with van der Waals surface area (Å²) in [7, 11) is 0. The van der Waals surface area contributed by atoms with Crippen LogP contribution >= 0.6 is 0 Å². The number of rotatable bonds is 6. The fraction of sp³-hybridized carbons (Fsp3) is 0.235. The van der Waals surface area contributed by atoms with Crippen molar-refractivity contribution >= 4 is 0 Å². The van der Waals surface area contributed by atoms with E-state index in [-0.39, 0.29) is 6.04 Å². The van der Waals surface area contributed by atoms with Crippen molar-refractivity contribution in [1.29, 1.82) is 5.26 Å². The molecule has 3 heteroatoms. The van der Waals surface area contributed by atoms with Gasteiger partial charge in [0, 0.05) is 12.6 Å². The molecule has 0 aromatic heterocycles. The highest BCUT2D eigenvalue weighted by Crippen LogP contribution is 2.13. The second kappa shape index (κ2) is 7.32. The summed E-state index contributed by atoms with van der Waals surface area (Å²) in [5.74, 6) is 0.883. The first-order chi connectivity index (χ1) is 9.79. The predicted molar refractivity (Wildman–Crippen MR) is 79.5 cm³/mol. The highest BCUT2D eigenvalue weighted by molar-refractivity contribution is 5.34. The first-order valence-electron chi connectivity index (χ1n) is 6.71. The topological polar surface area (TPSA) is 45.0 Å². The number of nitriles is 1. The van der Waals surface area contributed by atoms with E-state index in [2.05, 4.69) is 18.3 Å². The van der Waals surface area contributed by atoms with Gasteiger partial charge in [0.05, 0.1) is 11.6 Å². The number of para-hydroxylation sites is 1. The lowest BCUT2D eigenvalue weighted by molar-refractivity contribution is 0.307. The summed E-state index contributed by atoms with van der Waals surface area (Å²) in [6.07, 6.45) is 0. The van der Waals surface area contributed by atoms with E-state index in [9.17, 15) is 0 Å². The highest BCUT2D eigenvalue weighted by atomic mass is 16.5. The SMILES string of the molecule is CC(NCCOc1ccccc1)c1cccc(C#N)c1. The molecule has 0 fully saturated rings. The molecule has 2 aromatic carbocycles. The van der Waals surface area contributed by atoms with Crippen LogP contribution in [0.2, 0.25) is 0 Å². The van der Waals surface area contributed by atoms with Gasteiger partial charge in [-0.2, -0.15) is 5.26 Å². The van der Waals surface area contributed by atoms with E-state index in [1.807, 2.05) is 54.6 Å². The quantitative estimate of drug-likeness (QED) is 0.816. The summed E-state index contributed by atoms with van der Waals surface area (Å²) in [6, 6.07) is 19.8. The second-order valence-electron chi connectivity index (χ2n) is 4.57. The van der Waals surface area contributed by atoms with Crippen molar-refractivity contribution in [3.05, 3.63) is 65.7 Å². The zero-order chi connectivity index (χ0) is 14.2. The third-order valence-electron chi connectivity index (χ3n) is 3.08. The Morgan fingerprint density at radius 2 is 1.95 bits per heavy atom. The lowest BCUT2D eigenvalue weighted by Gasteiger charge is -2.15. The van der Waals surface area contributed by atoms with Gasteiger partial charge in [0.25, 0.3) is 0 Å². The Labute approximate surface area is 119 Å². The molecule has 2 rings (SSSR count). The normalized spacial score (nSPS) is 11.6. The maximum absolute atomic E-state index is 8.89. The van der Waals surface area contributed by atoms with Crippen LogP contribution in [0.3, 0.4) is 0 Å². The molecule has 1 N–H and O–H groups in total.